The molecule has 9 heteroatoms. The van der Waals surface area contributed by atoms with E-state index in [4.69, 9.17) is 9.47 Å². The monoisotopic (exact) mass is 538 g/mol. The number of nitrogens with zero attached hydrogens (tertiary/aromatic N) is 2. The predicted octanol–water partition coefficient (Wildman–Crippen LogP) is 5.57. The van der Waals surface area contributed by atoms with Crippen molar-refractivity contribution in [3.8, 4) is 17.2 Å². The first kappa shape index (κ1) is 26.4. The van der Waals surface area contributed by atoms with Crippen molar-refractivity contribution in [3.05, 3.63) is 129 Å². The Hall–Kier alpha value is -5.18. The van der Waals surface area contributed by atoms with Gasteiger partial charge < -0.3 is 19.5 Å². The highest BCUT2D eigenvalue weighted by Crippen LogP contribution is 2.42. The minimum absolute atomic E-state index is 0.00772. The lowest BCUT2D eigenvalue weighted by Gasteiger charge is -2.37. The number of rotatable bonds is 8. The molecule has 0 saturated carbocycles. The summed E-state index contributed by atoms with van der Waals surface area (Å²) in [6.45, 7) is 0.0575. The molecule has 1 amide bonds. The van der Waals surface area contributed by atoms with Gasteiger partial charge in [0.15, 0.2) is 11.5 Å². The molecule has 1 N–H and O–H groups in total. The molecule has 0 spiro atoms. The molecule has 202 valence electrons. The van der Waals surface area contributed by atoms with Gasteiger partial charge in [0, 0.05) is 30.7 Å². The Morgan fingerprint density at radius 1 is 0.925 bits per heavy atom. The number of carbonyl (C=O) groups excluding carboxylic acids is 1. The van der Waals surface area contributed by atoms with Crippen LogP contribution in [0.4, 0.5) is 5.69 Å². The van der Waals surface area contributed by atoms with E-state index in [1.54, 1.807) is 12.1 Å². The van der Waals surface area contributed by atoms with Crippen LogP contribution in [0.2, 0.25) is 0 Å². The maximum Gasteiger partial charge on any atom is 0.326 e. The predicted molar refractivity (Wildman–Crippen MR) is 147 cm³/mol. The fourth-order valence-corrected chi connectivity index (χ4v) is 5.03. The third-order valence-corrected chi connectivity index (χ3v) is 7.00. The van der Waals surface area contributed by atoms with Crippen LogP contribution < -0.4 is 9.47 Å². The first-order chi connectivity index (χ1) is 19.4. The van der Waals surface area contributed by atoms with Crippen LogP contribution in [-0.2, 0) is 22.6 Å². The maximum atomic E-state index is 14.2. The highest BCUT2D eigenvalue weighted by molar-refractivity contribution is 5.91. The molecule has 9 nitrogen and oxygen atoms in total. The van der Waals surface area contributed by atoms with Crippen molar-refractivity contribution >= 4 is 17.6 Å². The number of ether oxygens (including phenoxy) is 2. The van der Waals surface area contributed by atoms with Crippen LogP contribution >= 0.6 is 0 Å². The van der Waals surface area contributed by atoms with Crippen LogP contribution in [0.1, 0.15) is 28.2 Å². The number of carboxylic acids is 1. The lowest BCUT2D eigenvalue weighted by molar-refractivity contribution is -0.384. The molecule has 4 aromatic rings. The minimum Gasteiger partial charge on any atom is -0.493 e. The molecule has 1 heterocycles. The van der Waals surface area contributed by atoms with E-state index in [-0.39, 0.29) is 24.6 Å². The first-order valence-corrected chi connectivity index (χ1v) is 12.6. The molecule has 1 aliphatic heterocycles. The number of fused-ring (bicyclic) bond motifs is 1. The van der Waals surface area contributed by atoms with E-state index in [1.807, 2.05) is 60.7 Å². The van der Waals surface area contributed by atoms with Gasteiger partial charge in [0.05, 0.1) is 18.0 Å². The van der Waals surface area contributed by atoms with Gasteiger partial charge >= 0.3 is 5.97 Å². The molecule has 4 aromatic carbocycles. The van der Waals surface area contributed by atoms with Crippen LogP contribution in [0.3, 0.4) is 0 Å². The lowest BCUT2D eigenvalue weighted by Crippen LogP contribution is -2.50. The molecule has 40 heavy (non-hydrogen) atoms. The summed E-state index contributed by atoms with van der Waals surface area (Å²) in [5.41, 5.74) is 2.78. The zero-order chi connectivity index (χ0) is 28.2. The van der Waals surface area contributed by atoms with Gasteiger partial charge in [-0.15, -0.1) is 0 Å². The van der Waals surface area contributed by atoms with Gasteiger partial charge in [-0.1, -0.05) is 66.7 Å². The molecular formula is C31H26N2O7. The molecule has 0 fully saturated rings. The van der Waals surface area contributed by atoms with Gasteiger partial charge in [0.1, 0.15) is 11.8 Å². The lowest BCUT2D eigenvalue weighted by atomic mass is 9.87. The Morgan fingerprint density at radius 3 is 2.05 bits per heavy atom. The Bertz CT molecular complexity index is 1500. The molecule has 0 aromatic heterocycles. The number of amides is 1. The smallest absolute Gasteiger partial charge is 0.326 e. The van der Waals surface area contributed by atoms with Crippen molar-refractivity contribution in [2.75, 3.05) is 7.11 Å². The van der Waals surface area contributed by atoms with Crippen molar-refractivity contribution < 1.29 is 29.1 Å². The second kappa shape index (κ2) is 11.3. The van der Waals surface area contributed by atoms with Crippen molar-refractivity contribution in [2.24, 2.45) is 0 Å². The largest absolute Gasteiger partial charge is 0.493 e. The van der Waals surface area contributed by atoms with E-state index in [9.17, 15) is 24.8 Å². The van der Waals surface area contributed by atoms with Gasteiger partial charge in [-0.25, -0.2) is 4.79 Å². The summed E-state index contributed by atoms with van der Waals surface area (Å²) in [6.07, 6.45) is -0.00772. The van der Waals surface area contributed by atoms with E-state index >= 15 is 0 Å². The van der Waals surface area contributed by atoms with E-state index in [1.165, 1.54) is 36.3 Å². The molecule has 1 atom stereocenters. The van der Waals surface area contributed by atoms with E-state index < -0.39 is 22.9 Å². The number of nitro benzene ring substituents is 1. The molecule has 0 bridgehead atoms. The van der Waals surface area contributed by atoms with Crippen molar-refractivity contribution in [2.45, 2.75) is 24.9 Å². The number of aliphatic carboxylic acids is 1. The SMILES string of the molecule is COc1ccc2c(c1Oc1ccc([N+](=O)[O-])cc1)C[C@@H](C(=O)O)N(C(=O)C(c1ccccc1)c1ccccc1)C2. The van der Waals surface area contributed by atoms with Gasteiger partial charge in [-0.3, -0.25) is 14.9 Å². The number of methoxy groups -OCH3 is 1. The third kappa shape index (κ3) is 5.22. The van der Waals surface area contributed by atoms with Gasteiger partial charge in [0.25, 0.3) is 5.69 Å². The number of hydrogen-bond donors (Lipinski definition) is 1. The topological polar surface area (TPSA) is 119 Å². The normalized spacial score (nSPS) is 14.3. The van der Waals surface area contributed by atoms with Crippen LogP contribution in [0.25, 0.3) is 0 Å². The quantitative estimate of drug-likeness (QED) is 0.230. The van der Waals surface area contributed by atoms with Crippen molar-refractivity contribution in [1.82, 2.24) is 4.90 Å². The summed E-state index contributed by atoms with van der Waals surface area (Å²) in [6, 6.07) is 26.5. The summed E-state index contributed by atoms with van der Waals surface area (Å²) in [7, 11) is 1.47. The fourth-order valence-electron chi connectivity index (χ4n) is 5.03. The highest BCUT2D eigenvalue weighted by Gasteiger charge is 2.40. The maximum absolute atomic E-state index is 14.2. The van der Waals surface area contributed by atoms with Gasteiger partial charge in [-0.2, -0.15) is 0 Å². The van der Waals surface area contributed by atoms with Crippen LogP contribution in [0, 0.1) is 10.1 Å². The zero-order valence-corrected chi connectivity index (χ0v) is 21.6. The second-order valence-electron chi connectivity index (χ2n) is 9.37. The average Bonchev–Trinajstić information content (AvgIpc) is 2.98. The summed E-state index contributed by atoms with van der Waals surface area (Å²) in [5, 5.41) is 21.3. The number of nitro groups is 1. The minimum atomic E-state index is -1.15. The highest BCUT2D eigenvalue weighted by atomic mass is 16.6. The molecule has 0 aliphatic carbocycles. The van der Waals surface area contributed by atoms with Gasteiger partial charge in [0.2, 0.25) is 5.91 Å². The standard InChI is InChI=1S/C31H26N2O7/c1-39-27-17-12-22-19-32(30(34)28(20-8-4-2-5-9-20)21-10-6-3-7-11-21)26(31(35)36)18-25(22)29(27)40-24-15-13-23(14-16-24)33(37)38/h2-17,26,28H,18-19H2,1H3,(H,35,36)/t26-/m0/s1. The first-order valence-electron chi connectivity index (χ1n) is 12.6. The van der Waals surface area contributed by atoms with Crippen LogP contribution in [-0.4, -0.2) is 40.0 Å². The van der Waals surface area contributed by atoms with Crippen LogP contribution in [0.15, 0.2) is 97.1 Å². The van der Waals surface area contributed by atoms with Crippen molar-refractivity contribution in [3.63, 3.8) is 0 Å². The summed E-state index contributed by atoms with van der Waals surface area (Å²) >= 11 is 0. The molecular weight excluding hydrogens is 512 g/mol. The summed E-state index contributed by atoms with van der Waals surface area (Å²) < 4.78 is 11.6. The fraction of sp³-hybridized carbons (Fsp3) is 0.161. The summed E-state index contributed by atoms with van der Waals surface area (Å²) in [5.74, 6) is -1.11. The Labute approximate surface area is 230 Å². The number of non-ortho nitro benzene ring substituents is 1. The second-order valence-corrected chi connectivity index (χ2v) is 9.37. The Morgan fingerprint density at radius 2 is 1.52 bits per heavy atom. The number of carbonyl (C=O) groups is 2. The Kier molecular flexibility index (Phi) is 7.46. The van der Waals surface area contributed by atoms with E-state index in [2.05, 4.69) is 0 Å². The number of benzene rings is 4. The molecule has 5 rings (SSSR count). The Balaban J connectivity index is 1.53. The number of carboxylic acid groups (broad SMARTS) is 1. The van der Waals surface area contributed by atoms with E-state index in [0.717, 1.165) is 16.7 Å². The molecule has 0 radical (unpaired) electrons. The zero-order valence-electron chi connectivity index (χ0n) is 21.6. The molecule has 0 unspecified atom stereocenters. The summed E-state index contributed by atoms with van der Waals surface area (Å²) in [4.78, 5) is 38.7. The van der Waals surface area contributed by atoms with E-state index in [0.29, 0.717) is 22.8 Å². The third-order valence-electron chi connectivity index (χ3n) is 7.00. The van der Waals surface area contributed by atoms with Gasteiger partial charge in [-0.05, 0) is 34.9 Å². The average molecular weight is 539 g/mol. The molecule has 0 saturated heterocycles. The van der Waals surface area contributed by atoms with Crippen molar-refractivity contribution in [1.29, 1.82) is 0 Å². The van der Waals surface area contributed by atoms with Crippen LogP contribution in [0.5, 0.6) is 17.2 Å². The number of hydrogen-bond acceptors (Lipinski definition) is 6. The molecule has 1 aliphatic rings.